The van der Waals surface area contributed by atoms with Crippen molar-refractivity contribution in [1.29, 1.82) is 0 Å². The molecule has 0 spiro atoms. The van der Waals surface area contributed by atoms with E-state index in [1.54, 1.807) is 4.90 Å². The van der Waals surface area contributed by atoms with Gasteiger partial charge in [0.05, 0.1) is 0 Å². The van der Waals surface area contributed by atoms with E-state index < -0.39 is 17.6 Å². The molecule has 2 atom stereocenters. The van der Waals surface area contributed by atoms with Crippen LogP contribution < -0.4 is 5.32 Å². The summed E-state index contributed by atoms with van der Waals surface area (Å²) in [6.45, 7) is 2.82. The highest BCUT2D eigenvalue weighted by Crippen LogP contribution is 2.59. The van der Waals surface area contributed by atoms with Gasteiger partial charge in [-0.15, -0.1) is 0 Å². The number of nitrogens with zero attached hydrogens (tertiary/aromatic N) is 1. The fraction of sp³-hybridized carbons (Fsp3) is 0.464. The van der Waals surface area contributed by atoms with Crippen molar-refractivity contribution >= 4 is 18.0 Å². The van der Waals surface area contributed by atoms with E-state index in [2.05, 4.69) is 36.5 Å². The van der Waals surface area contributed by atoms with E-state index in [9.17, 15) is 19.5 Å². The van der Waals surface area contributed by atoms with Gasteiger partial charge in [-0.3, -0.25) is 4.79 Å². The molecular formula is C28H30N2O5. The van der Waals surface area contributed by atoms with E-state index in [0.29, 0.717) is 38.6 Å². The molecular weight excluding hydrogens is 444 g/mol. The van der Waals surface area contributed by atoms with Crippen LogP contribution in [-0.2, 0) is 14.3 Å². The minimum atomic E-state index is -1.02. The zero-order valence-corrected chi connectivity index (χ0v) is 19.8. The number of carboxylic acids is 1. The van der Waals surface area contributed by atoms with Gasteiger partial charge in [-0.25, -0.2) is 9.59 Å². The molecule has 2 bridgehead atoms. The van der Waals surface area contributed by atoms with E-state index >= 15 is 0 Å². The second-order valence-corrected chi connectivity index (χ2v) is 11.1. The molecule has 3 aliphatic carbocycles. The summed E-state index contributed by atoms with van der Waals surface area (Å²) in [4.78, 5) is 39.4. The number of fused-ring (bicyclic) bond motifs is 4. The molecule has 7 heteroatoms. The number of hydrogen-bond donors (Lipinski definition) is 2. The van der Waals surface area contributed by atoms with Gasteiger partial charge < -0.3 is 20.1 Å². The van der Waals surface area contributed by atoms with Crippen LogP contribution in [0, 0.1) is 11.3 Å². The van der Waals surface area contributed by atoms with Crippen LogP contribution in [0.15, 0.2) is 48.5 Å². The first kappa shape index (κ1) is 22.1. The minimum absolute atomic E-state index is 0.00119. The molecule has 7 nitrogen and oxygen atoms in total. The van der Waals surface area contributed by atoms with Crippen LogP contribution in [0.25, 0.3) is 11.1 Å². The predicted octanol–water partition coefficient (Wildman–Crippen LogP) is 4.16. The maximum atomic E-state index is 13.2. The summed E-state index contributed by atoms with van der Waals surface area (Å²) < 4.78 is 5.66. The summed E-state index contributed by atoms with van der Waals surface area (Å²) in [6, 6.07) is 16.3. The Kier molecular flexibility index (Phi) is 4.95. The number of ether oxygens (including phenoxy) is 1. The molecule has 4 fully saturated rings. The number of amides is 2. The van der Waals surface area contributed by atoms with Gasteiger partial charge in [0.2, 0.25) is 5.91 Å². The number of carbonyl (C=O) groups excluding carboxylic acids is 2. The number of alkyl carbamates (subject to hydrolysis) is 1. The third-order valence-corrected chi connectivity index (χ3v) is 8.61. The third-order valence-electron chi connectivity index (χ3n) is 8.61. The van der Waals surface area contributed by atoms with Crippen molar-refractivity contribution in [1.82, 2.24) is 10.2 Å². The zero-order chi connectivity index (χ0) is 24.4. The quantitative estimate of drug-likeness (QED) is 0.679. The summed E-state index contributed by atoms with van der Waals surface area (Å²) >= 11 is 0. The van der Waals surface area contributed by atoms with Gasteiger partial charge in [0, 0.05) is 24.4 Å². The Morgan fingerprint density at radius 3 is 2.29 bits per heavy atom. The summed E-state index contributed by atoms with van der Waals surface area (Å²) in [5.74, 6) is -1.23. The number of benzene rings is 2. The maximum Gasteiger partial charge on any atom is 0.407 e. The average Bonchev–Trinajstić information content (AvgIpc) is 3.56. The van der Waals surface area contributed by atoms with E-state index in [1.165, 1.54) is 11.1 Å². The van der Waals surface area contributed by atoms with Crippen LogP contribution in [0.3, 0.4) is 0 Å². The van der Waals surface area contributed by atoms with Gasteiger partial charge >= 0.3 is 12.1 Å². The van der Waals surface area contributed by atoms with E-state index in [1.807, 2.05) is 24.3 Å². The molecule has 35 heavy (non-hydrogen) atoms. The van der Waals surface area contributed by atoms with Gasteiger partial charge in [0.15, 0.2) is 0 Å². The van der Waals surface area contributed by atoms with Crippen LogP contribution in [0.4, 0.5) is 4.79 Å². The van der Waals surface area contributed by atoms with Crippen LogP contribution in [-0.4, -0.2) is 52.7 Å². The van der Waals surface area contributed by atoms with Gasteiger partial charge in [0.1, 0.15) is 12.1 Å². The summed E-state index contributed by atoms with van der Waals surface area (Å²) in [7, 11) is 0. The molecule has 2 amide bonds. The summed E-state index contributed by atoms with van der Waals surface area (Å²) in [5, 5.41) is 12.7. The van der Waals surface area contributed by atoms with E-state index in [4.69, 9.17) is 4.74 Å². The predicted molar refractivity (Wildman–Crippen MR) is 129 cm³/mol. The number of rotatable bonds is 5. The number of carbonyl (C=O) groups is 3. The minimum Gasteiger partial charge on any atom is -0.479 e. The molecule has 5 aliphatic rings. The molecule has 0 aromatic heterocycles. The highest BCUT2D eigenvalue weighted by Gasteiger charge is 2.69. The fourth-order valence-electron chi connectivity index (χ4n) is 7.12. The Hall–Kier alpha value is -3.35. The maximum absolute atomic E-state index is 13.2. The first-order valence-corrected chi connectivity index (χ1v) is 12.5. The molecule has 2 saturated heterocycles. The van der Waals surface area contributed by atoms with Crippen LogP contribution in [0.5, 0.6) is 0 Å². The second kappa shape index (κ2) is 7.83. The lowest BCUT2D eigenvalue weighted by Gasteiger charge is -2.43. The lowest BCUT2D eigenvalue weighted by Crippen LogP contribution is -2.57. The van der Waals surface area contributed by atoms with Gasteiger partial charge in [-0.2, -0.15) is 0 Å². The molecule has 0 radical (unpaired) electrons. The second-order valence-electron chi connectivity index (χ2n) is 11.1. The topological polar surface area (TPSA) is 95.9 Å². The van der Waals surface area contributed by atoms with Crippen molar-refractivity contribution in [2.24, 2.45) is 11.3 Å². The Bertz CT molecular complexity index is 1170. The number of hydrogen-bond acceptors (Lipinski definition) is 4. The Morgan fingerprint density at radius 1 is 1.03 bits per heavy atom. The largest absolute Gasteiger partial charge is 0.479 e. The first-order valence-electron chi connectivity index (χ1n) is 12.5. The van der Waals surface area contributed by atoms with Gasteiger partial charge in [0.25, 0.3) is 0 Å². The molecule has 2 saturated carbocycles. The molecule has 2 aromatic carbocycles. The highest BCUT2D eigenvalue weighted by molar-refractivity contribution is 5.91. The van der Waals surface area contributed by atoms with Crippen molar-refractivity contribution in [2.45, 2.75) is 56.5 Å². The number of carboxylic acid groups (broad SMARTS) is 1. The van der Waals surface area contributed by atoms with Crippen molar-refractivity contribution in [3.63, 3.8) is 0 Å². The van der Waals surface area contributed by atoms with Crippen molar-refractivity contribution in [3.05, 3.63) is 59.7 Å². The normalized spacial score (nSPS) is 30.4. The van der Waals surface area contributed by atoms with Gasteiger partial charge in [-0.1, -0.05) is 55.5 Å². The molecule has 7 rings (SSSR count). The Morgan fingerprint density at radius 2 is 1.66 bits per heavy atom. The van der Waals surface area contributed by atoms with Crippen LogP contribution >= 0.6 is 0 Å². The van der Waals surface area contributed by atoms with E-state index in [-0.39, 0.29) is 35.8 Å². The third kappa shape index (κ3) is 3.43. The first-order chi connectivity index (χ1) is 16.8. The number of aliphatic carboxylic acids is 1. The van der Waals surface area contributed by atoms with Crippen molar-refractivity contribution in [2.75, 3.05) is 13.2 Å². The van der Waals surface area contributed by atoms with Crippen molar-refractivity contribution < 1.29 is 24.2 Å². The zero-order valence-electron chi connectivity index (χ0n) is 19.8. The average molecular weight is 475 g/mol. The highest BCUT2D eigenvalue weighted by atomic mass is 16.5. The SMILES string of the molecule is CC12CN(C(=O)[C@H]3CC[C@@H](NC(=O)OCC4c5ccccc5-c5ccccc54)C3)C(C(=O)O)(C1)C2. The summed E-state index contributed by atoms with van der Waals surface area (Å²) in [6.07, 6.45) is 2.46. The number of nitrogens with one attached hydrogen (secondary N) is 1. The molecule has 2 heterocycles. The fourth-order valence-corrected chi connectivity index (χ4v) is 7.12. The standard InChI is InChI=1S/C28H30N2O5/c1-27-14-28(15-27,25(32)33)30(16-27)24(31)17-10-11-18(12-17)29-26(34)35-13-23-21-8-4-2-6-19(21)20-7-3-5-9-22(20)23/h2-9,17-18,23H,10-16H2,1H3,(H,29,34)(H,32,33)/t17-,18+,27?,28?/m0/s1. The molecule has 182 valence electrons. The monoisotopic (exact) mass is 474 g/mol. The van der Waals surface area contributed by atoms with Crippen LogP contribution in [0.2, 0.25) is 0 Å². The lowest BCUT2D eigenvalue weighted by molar-refractivity contribution is -0.161. The summed E-state index contributed by atoms with van der Waals surface area (Å²) in [5.41, 5.74) is 3.59. The Labute approximate surface area is 204 Å². The molecule has 2 N–H and O–H groups in total. The Balaban J connectivity index is 1.05. The van der Waals surface area contributed by atoms with E-state index in [0.717, 1.165) is 11.1 Å². The van der Waals surface area contributed by atoms with Crippen LogP contribution in [0.1, 0.15) is 56.1 Å². The molecule has 2 aliphatic heterocycles. The molecule has 2 aromatic rings. The lowest BCUT2D eigenvalue weighted by atomic mass is 9.63. The van der Waals surface area contributed by atoms with Gasteiger partial charge in [-0.05, 0) is 59.8 Å². The van der Waals surface area contributed by atoms with Crippen molar-refractivity contribution in [3.8, 4) is 11.1 Å². The smallest absolute Gasteiger partial charge is 0.407 e. The molecule has 0 unspecified atom stereocenters.